The maximum atomic E-state index is 9.88. The molecule has 0 saturated carbocycles. The minimum absolute atomic E-state index is 0.202. The summed E-state index contributed by atoms with van der Waals surface area (Å²) < 4.78 is 6.73. The molecular weight excluding hydrogens is 318 g/mol. The third-order valence-electron chi connectivity index (χ3n) is 3.03. The van der Waals surface area contributed by atoms with Crippen LogP contribution in [0.4, 0.5) is 0 Å². The summed E-state index contributed by atoms with van der Waals surface area (Å²) in [5.41, 5.74) is 1.19. The lowest BCUT2D eigenvalue weighted by Gasteiger charge is -2.18. The molecule has 0 bridgehead atoms. The number of rotatable bonds is 9. The molecule has 0 fully saturated rings. The number of hydrogen-bond donors (Lipinski definition) is 2. The Morgan fingerprint density at radius 2 is 1.95 bits per heavy atom. The van der Waals surface area contributed by atoms with Crippen LogP contribution >= 0.6 is 15.9 Å². The van der Waals surface area contributed by atoms with Crippen LogP contribution in [0.2, 0.25) is 0 Å². The maximum absolute atomic E-state index is 9.88. The van der Waals surface area contributed by atoms with Crippen molar-refractivity contribution in [3.05, 3.63) is 34.3 Å². The molecule has 2 unspecified atom stereocenters. The van der Waals surface area contributed by atoms with Gasteiger partial charge in [0.25, 0.3) is 0 Å². The van der Waals surface area contributed by atoms with Crippen LogP contribution in [0.3, 0.4) is 0 Å². The molecule has 1 aromatic rings. The van der Waals surface area contributed by atoms with E-state index in [-0.39, 0.29) is 6.10 Å². The number of ether oxygens (including phenoxy) is 1. The second kappa shape index (κ2) is 9.50. The molecule has 0 heterocycles. The van der Waals surface area contributed by atoms with Gasteiger partial charge in [-0.2, -0.15) is 0 Å². The van der Waals surface area contributed by atoms with E-state index in [1.807, 2.05) is 18.2 Å². The number of halogens is 1. The Morgan fingerprint density at radius 1 is 1.25 bits per heavy atom. The van der Waals surface area contributed by atoms with Crippen molar-refractivity contribution in [1.82, 2.24) is 5.32 Å². The number of benzene rings is 1. The molecule has 114 valence electrons. The van der Waals surface area contributed by atoms with Gasteiger partial charge in [-0.25, -0.2) is 0 Å². The van der Waals surface area contributed by atoms with Gasteiger partial charge in [0.1, 0.15) is 0 Å². The molecule has 1 rings (SSSR count). The van der Waals surface area contributed by atoms with Crippen molar-refractivity contribution in [2.45, 2.75) is 45.9 Å². The van der Waals surface area contributed by atoms with Crippen molar-refractivity contribution in [3.63, 3.8) is 0 Å². The monoisotopic (exact) mass is 343 g/mol. The molecule has 2 N–H and O–H groups in total. The first-order chi connectivity index (χ1) is 9.49. The number of aliphatic hydroxyl groups excluding tert-OH is 1. The van der Waals surface area contributed by atoms with Crippen molar-refractivity contribution in [2.75, 3.05) is 13.2 Å². The van der Waals surface area contributed by atoms with Crippen LogP contribution in [-0.2, 0) is 11.3 Å². The van der Waals surface area contributed by atoms with E-state index in [0.29, 0.717) is 19.1 Å². The molecule has 20 heavy (non-hydrogen) atoms. The fourth-order valence-electron chi connectivity index (χ4n) is 2.08. The van der Waals surface area contributed by atoms with Gasteiger partial charge < -0.3 is 15.2 Å². The van der Waals surface area contributed by atoms with Crippen LogP contribution in [-0.4, -0.2) is 30.5 Å². The lowest BCUT2D eigenvalue weighted by atomic mass is 10.1. The van der Waals surface area contributed by atoms with E-state index in [1.165, 1.54) is 5.56 Å². The predicted molar refractivity (Wildman–Crippen MR) is 86.7 cm³/mol. The van der Waals surface area contributed by atoms with E-state index in [1.54, 1.807) is 0 Å². The molecule has 0 aliphatic rings. The number of aliphatic hydroxyl groups is 1. The van der Waals surface area contributed by atoms with E-state index in [0.717, 1.165) is 17.4 Å². The summed E-state index contributed by atoms with van der Waals surface area (Å²) in [5, 5.41) is 13.1. The van der Waals surface area contributed by atoms with Crippen LogP contribution in [0.5, 0.6) is 0 Å². The fourth-order valence-corrected chi connectivity index (χ4v) is 2.51. The molecule has 4 heteroatoms. The highest BCUT2D eigenvalue weighted by atomic mass is 79.9. The zero-order valence-corrected chi connectivity index (χ0v) is 14.2. The summed E-state index contributed by atoms with van der Waals surface area (Å²) in [7, 11) is 0. The summed E-state index contributed by atoms with van der Waals surface area (Å²) >= 11 is 3.51. The second-order valence-electron chi connectivity index (χ2n) is 5.65. The number of hydrogen-bond acceptors (Lipinski definition) is 3. The first kappa shape index (κ1) is 17.6. The van der Waals surface area contributed by atoms with Gasteiger partial charge in [-0.3, -0.25) is 0 Å². The van der Waals surface area contributed by atoms with Crippen molar-refractivity contribution in [2.24, 2.45) is 5.92 Å². The Balaban J connectivity index is 2.17. The summed E-state index contributed by atoms with van der Waals surface area (Å²) in [6.07, 6.45) is 0.761. The fraction of sp³-hybridized carbons (Fsp3) is 0.625. The Labute approximate surface area is 130 Å². The lowest BCUT2D eigenvalue weighted by molar-refractivity contribution is -0.00857. The smallest absolute Gasteiger partial charge is 0.0897 e. The largest absolute Gasteiger partial charge is 0.389 e. The van der Waals surface area contributed by atoms with Crippen LogP contribution < -0.4 is 5.32 Å². The first-order valence-electron chi connectivity index (χ1n) is 7.22. The van der Waals surface area contributed by atoms with Crippen LogP contribution in [0.1, 0.15) is 32.8 Å². The van der Waals surface area contributed by atoms with Gasteiger partial charge >= 0.3 is 0 Å². The average molecular weight is 344 g/mol. The van der Waals surface area contributed by atoms with Gasteiger partial charge in [0.15, 0.2) is 0 Å². The number of nitrogens with one attached hydrogen (secondary N) is 1. The van der Waals surface area contributed by atoms with Gasteiger partial charge in [0.05, 0.1) is 18.8 Å². The summed E-state index contributed by atoms with van der Waals surface area (Å²) in [6, 6.07) is 8.08. The van der Waals surface area contributed by atoms with E-state index in [9.17, 15) is 5.11 Å². The van der Waals surface area contributed by atoms with E-state index in [4.69, 9.17) is 4.74 Å². The molecule has 2 atom stereocenters. The molecule has 0 aliphatic heterocycles. The van der Waals surface area contributed by atoms with Gasteiger partial charge in [0, 0.05) is 17.6 Å². The van der Waals surface area contributed by atoms with Crippen molar-refractivity contribution in [3.8, 4) is 0 Å². The Bertz CT molecular complexity index is 384. The standard InChI is InChI=1S/C16H26BrNO2/c1-12(2)8-13(3)20-11-15(19)10-18-9-14-6-4-5-7-16(14)17/h4-7,12-13,15,18-19H,8-11H2,1-3H3. The quantitative estimate of drug-likeness (QED) is 0.722. The van der Waals surface area contributed by atoms with E-state index >= 15 is 0 Å². The summed E-state index contributed by atoms with van der Waals surface area (Å²) in [4.78, 5) is 0. The summed E-state index contributed by atoms with van der Waals surface area (Å²) in [5.74, 6) is 0.621. The lowest BCUT2D eigenvalue weighted by Crippen LogP contribution is -2.31. The first-order valence-corrected chi connectivity index (χ1v) is 8.02. The normalized spacial score (nSPS) is 14.5. The minimum atomic E-state index is -0.466. The molecule has 1 aromatic carbocycles. The molecule has 0 saturated heterocycles. The molecule has 0 radical (unpaired) electrons. The zero-order valence-electron chi connectivity index (χ0n) is 12.6. The molecule has 3 nitrogen and oxygen atoms in total. The molecular formula is C16H26BrNO2. The van der Waals surface area contributed by atoms with Crippen molar-refractivity contribution >= 4 is 15.9 Å². The van der Waals surface area contributed by atoms with Crippen LogP contribution in [0.15, 0.2) is 28.7 Å². The molecule has 0 amide bonds. The Kier molecular flexibility index (Phi) is 8.38. The highest BCUT2D eigenvalue weighted by Crippen LogP contribution is 2.15. The molecule has 0 spiro atoms. The van der Waals surface area contributed by atoms with Crippen LogP contribution in [0, 0.1) is 5.92 Å². The van der Waals surface area contributed by atoms with E-state index < -0.39 is 6.10 Å². The van der Waals surface area contributed by atoms with Crippen LogP contribution in [0.25, 0.3) is 0 Å². The maximum Gasteiger partial charge on any atom is 0.0897 e. The molecule has 0 aromatic heterocycles. The van der Waals surface area contributed by atoms with Gasteiger partial charge in [-0.15, -0.1) is 0 Å². The predicted octanol–water partition coefficient (Wildman–Crippen LogP) is 3.35. The highest BCUT2D eigenvalue weighted by molar-refractivity contribution is 9.10. The third kappa shape index (κ3) is 7.39. The minimum Gasteiger partial charge on any atom is -0.389 e. The topological polar surface area (TPSA) is 41.5 Å². The van der Waals surface area contributed by atoms with Gasteiger partial charge in [-0.05, 0) is 30.9 Å². The molecule has 0 aliphatic carbocycles. The highest BCUT2D eigenvalue weighted by Gasteiger charge is 2.09. The van der Waals surface area contributed by atoms with Crippen molar-refractivity contribution < 1.29 is 9.84 Å². The SMILES string of the molecule is CC(C)CC(C)OCC(O)CNCc1ccccc1Br. The van der Waals surface area contributed by atoms with Gasteiger partial charge in [-0.1, -0.05) is 48.0 Å². The third-order valence-corrected chi connectivity index (χ3v) is 3.80. The zero-order chi connectivity index (χ0) is 15.0. The Morgan fingerprint density at radius 3 is 2.60 bits per heavy atom. The van der Waals surface area contributed by atoms with E-state index in [2.05, 4.69) is 48.1 Å². The Hall–Kier alpha value is -0.420. The van der Waals surface area contributed by atoms with Gasteiger partial charge in [0.2, 0.25) is 0 Å². The second-order valence-corrected chi connectivity index (χ2v) is 6.50. The summed E-state index contributed by atoms with van der Waals surface area (Å²) in [6.45, 7) is 8.07. The average Bonchev–Trinajstić information content (AvgIpc) is 2.38. The van der Waals surface area contributed by atoms with Crippen molar-refractivity contribution in [1.29, 1.82) is 0 Å².